The third kappa shape index (κ3) is 2.70. The van der Waals surface area contributed by atoms with Gasteiger partial charge in [-0.25, -0.2) is 0 Å². The largest absolute Gasteiger partial charge is 0.381 e. The zero-order valence-corrected chi connectivity index (χ0v) is 10.3. The Kier molecular flexibility index (Phi) is 3.77. The van der Waals surface area contributed by atoms with Gasteiger partial charge in [0.05, 0.1) is 0 Å². The summed E-state index contributed by atoms with van der Waals surface area (Å²) >= 11 is 1.80. The van der Waals surface area contributed by atoms with Gasteiger partial charge in [0, 0.05) is 24.2 Å². The Bertz CT molecular complexity index is 265. The van der Waals surface area contributed by atoms with Crippen molar-refractivity contribution in [3.63, 3.8) is 0 Å². The number of hydrogen-bond acceptors (Lipinski definition) is 4. The van der Waals surface area contributed by atoms with Crippen molar-refractivity contribution in [2.75, 3.05) is 19.0 Å². The fourth-order valence-electron chi connectivity index (χ4n) is 2.09. The molecule has 0 aromatic carbocycles. The molecule has 0 aromatic rings. The van der Waals surface area contributed by atoms with Crippen LogP contribution in [0.5, 0.6) is 0 Å². The first-order valence-corrected chi connectivity index (χ1v) is 6.96. The molecular formula is C11H20N2O2S. The van der Waals surface area contributed by atoms with E-state index in [9.17, 15) is 4.79 Å². The second-order valence-corrected chi connectivity index (χ2v) is 6.09. The molecule has 5 heteroatoms. The maximum absolute atomic E-state index is 11.4. The van der Waals surface area contributed by atoms with Crippen LogP contribution in [-0.4, -0.2) is 35.7 Å². The van der Waals surface area contributed by atoms with E-state index in [-0.39, 0.29) is 5.91 Å². The Labute approximate surface area is 100 Å². The zero-order valence-electron chi connectivity index (χ0n) is 9.48. The van der Waals surface area contributed by atoms with Gasteiger partial charge in [-0.1, -0.05) is 0 Å². The monoisotopic (exact) mass is 244 g/mol. The normalized spacial score (nSPS) is 26.3. The summed E-state index contributed by atoms with van der Waals surface area (Å²) in [4.78, 5) is 11.4. The molecule has 2 rings (SSSR count). The van der Waals surface area contributed by atoms with E-state index in [1.54, 1.807) is 11.8 Å². The maximum Gasteiger partial charge on any atom is 0.238 e. The second kappa shape index (κ2) is 4.94. The lowest BCUT2D eigenvalue weighted by Gasteiger charge is -2.29. The number of carbonyl (C=O) groups excluding carboxylic acids is 1. The minimum Gasteiger partial charge on any atom is -0.381 e. The minimum absolute atomic E-state index is 0.317. The highest BCUT2D eigenvalue weighted by Crippen LogP contribution is 2.40. The number of amides is 1. The summed E-state index contributed by atoms with van der Waals surface area (Å²) in [5.74, 6) is 0.643. The number of thioether (sulfide) groups is 1. The van der Waals surface area contributed by atoms with Crippen LogP contribution in [0, 0.1) is 5.92 Å². The number of nitrogens with two attached hydrogens (primary N) is 2. The number of carbonyl (C=O) groups is 1. The van der Waals surface area contributed by atoms with Crippen LogP contribution >= 0.6 is 11.8 Å². The van der Waals surface area contributed by atoms with E-state index in [1.165, 1.54) is 0 Å². The van der Waals surface area contributed by atoms with Crippen LogP contribution < -0.4 is 11.5 Å². The quantitative estimate of drug-likeness (QED) is 0.738. The molecule has 1 aliphatic heterocycles. The fourth-order valence-corrected chi connectivity index (χ4v) is 3.50. The standard InChI is InChI=1S/C11H20N2O2S/c12-10(14)11(13,8-1-2-8)7-16-9-3-5-15-6-4-9/h8-9H,1-7,13H2,(H2,12,14). The number of hydrogen-bond donors (Lipinski definition) is 2. The molecule has 0 spiro atoms. The second-order valence-electron chi connectivity index (χ2n) is 4.80. The highest BCUT2D eigenvalue weighted by atomic mass is 32.2. The Hall–Kier alpha value is -0.260. The van der Waals surface area contributed by atoms with E-state index >= 15 is 0 Å². The van der Waals surface area contributed by atoms with Crippen LogP contribution in [0.1, 0.15) is 25.7 Å². The zero-order chi connectivity index (χ0) is 11.6. The van der Waals surface area contributed by atoms with Gasteiger partial charge >= 0.3 is 0 Å². The van der Waals surface area contributed by atoms with Crippen LogP contribution in [0.2, 0.25) is 0 Å². The van der Waals surface area contributed by atoms with E-state index in [4.69, 9.17) is 16.2 Å². The highest BCUT2D eigenvalue weighted by molar-refractivity contribution is 8.00. The molecule has 1 saturated carbocycles. The summed E-state index contributed by atoms with van der Waals surface area (Å²) in [6.07, 6.45) is 4.22. The Morgan fingerprint density at radius 3 is 2.44 bits per heavy atom. The van der Waals surface area contributed by atoms with Crippen molar-refractivity contribution in [3.8, 4) is 0 Å². The first-order chi connectivity index (χ1) is 7.63. The predicted octanol–water partition coefficient (Wildman–Crippen LogP) is 0.491. The van der Waals surface area contributed by atoms with Gasteiger partial charge in [0.1, 0.15) is 5.54 Å². The smallest absolute Gasteiger partial charge is 0.238 e. The van der Waals surface area contributed by atoms with Gasteiger partial charge in [0.15, 0.2) is 0 Å². The molecule has 0 bridgehead atoms. The van der Waals surface area contributed by atoms with Crippen LogP contribution in [-0.2, 0) is 9.53 Å². The summed E-state index contributed by atoms with van der Waals surface area (Å²) in [6, 6.07) is 0. The van der Waals surface area contributed by atoms with Gasteiger partial charge in [0.25, 0.3) is 0 Å². The molecule has 4 N–H and O–H groups in total. The molecule has 1 aliphatic carbocycles. The molecular weight excluding hydrogens is 224 g/mol. The summed E-state index contributed by atoms with van der Waals surface area (Å²) in [5.41, 5.74) is 10.8. The lowest BCUT2D eigenvalue weighted by Crippen LogP contribution is -2.56. The molecule has 1 unspecified atom stereocenters. The molecule has 1 saturated heterocycles. The van der Waals surface area contributed by atoms with Gasteiger partial charge in [-0.05, 0) is 31.6 Å². The van der Waals surface area contributed by atoms with Crippen molar-refractivity contribution in [2.45, 2.75) is 36.5 Å². The fraction of sp³-hybridized carbons (Fsp3) is 0.909. The lowest BCUT2D eigenvalue weighted by molar-refractivity contribution is -0.123. The summed E-state index contributed by atoms with van der Waals surface area (Å²) in [5, 5.41) is 0.578. The highest BCUT2D eigenvalue weighted by Gasteiger charge is 2.46. The number of ether oxygens (including phenoxy) is 1. The van der Waals surface area contributed by atoms with Crippen molar-refractivity contribution in [1.29, 1.82) is 0 Å². The summed E-state index contributed by atoms with van der Waals surface area (Å²) in [7, 11) is 0. The van der Waals surface area contributed by atoms with Crippen molar-refractivity contribution < 1.29 is 9.53 Å². The third-order valence-electron chi connectivity index (χ3n) is 3.49. The molecule has 4 nitrogen and oxygen atoms in total. The average molecular weight is 244 g/mol. The molecule has 2 fully saturated rings. The summed E-state index contributed by atoms with van der Waals surface area (Å²) < 4.78 is 5.30. The molecule has 92 valence electrons. The maximum atomic E-state index is 11.4. The van der Waals surface area contributed by atoms with Gasteiger partial charge < -0.3 is 16.2 Å². The van der Waals surface area contributed by atoms with Crippen molar-refractivity contribution in [1.82, 2.24) is 0 Å². The summed E-state index contributed by atoms with van der Waals surface area (Å²) in [6.45, 7) is 1.66. The first-order valence-electron chi connectivity index (χ1n) is 5.91. The molecule has 16 heavy (non-hydrogen) atoms. The molecule has 1 atom stereocenters. The van der Waals surface area contributed by atoms with Gasteiger partial charge in [-0.2, -0.15) is 11.8 Å². The van der Waals surface area contributed by atoms with Crippen molar-refractivity contribution >= 4 is 17.7 Å². The SMILES string of the molecule is NC(=O)C(N)(CSC1CCOCC1)C1CC1. The minimum atomic E-state index is -0.775. The molecule has 1 heterocycles. The van der Waals surface area contributed by atoms with Crippen LogP contribution in [0.25, 0.3) is 0 Å². The molecule has 0 aromatic heterocycles. The van der Waals surface area contributed by atoms with E-state index < -0.39 is 5.54 Å². The van der Waals surface area contributed by atoms with E-state index in [0.29, 0.717) is 16.9 Å². The Balaban J connectivity index is 1.83. The molecule has 2 aliphatic rings. The Morgan fingerprint density at radius 2 is 1.94 bits per heavy atom. The number of primary amides is 1. The van der Waals surface area contributed by atoms with Gasteiger partial charge in [-0.3, -0.25) is 4.79 Å². The molecule has 1 amide bonds. The first kappa shape index (κ1) is 12.2. The van der Waals surface area contributed by atoms with Crippen molar-refractivity contribution in [3.05, 3.63) is 0 Å². The van der Waals surface area contributed by atoms with Crippen LogP contribution in [0.4, 0.5) is 0 Å². The van der Waals surface area contributed by atoms with Gasteiger partial charge in [0.2, 0.25) is 5.91 Å². The van der Waals surface area contributed by atoms with Gasteiger partial charge in [-0.15, -0.1) is 0 Å². The third-order valence-corrected chi connectivity index (χ3v) is 5.08. The van der Waals surface area contributed by atoms with Crippen LogP contribution in [0.3, 0.4) is 0 Å². The molecule has 0 radical (unpaired) electrons. The topological polar surface area (TPSA) is 78.3 Å². The van der Waals surface area contributed by atoms with E-state index in [0.717, 1.165) is 38.9 Å². The Morgan fingerprint density at radius 1 is 1.31 bits per heavy atom. The van der Waals surface area contributed by atoms with E-state index in [2.05, 4.69) is 0 Å². The lowest BCUT2D eigenvalue weighted by atomic mass is 9.96. The van der Waals surface area contributed by atoms with Crippen LogP contribution in [0.15, 0.2) is 0 Å². The predicted molar refractivity (Wildman–Crippen MR) is 65.1 cm³/mol. The van der Waals surface area contributed by atoms with Crippen molar-refractivity contribution in [2.24, 2.45) is 17.4 Å². The average Bonchev–Trinajstić information content (AvgIpc) is 3.11. The van der Waals surface area contributed by atoms with E-state index in [1.807, 2.05) is 0 Å². The number of rotatable bonds is 5.